The van der Waals surface area contributed by atoms with Crippen LogP contribution in [0.1, 0.15) is 10.5 Å². The van der Waals surface area contributed by atoms with E-state index in [9.17, 15) is 14.0 Å². The summed E-state index contributed by atoms with van der Waals surface area (Å²) in [5.41, 5.74) is 0.960. The van der Waals surface area contributed by atoms with Gasteiger partial charge >= 0.3 is 0 Å². The van der Waals surface area contributed by atoms with Gasteiger partial charge in [0.15, 0.2) is 0 Å². The number of hydrogen-bond donors (Lipinski definition) is 3. The summed E-state index contributed by atoms with van der Waals surface area (Å²) < 4.78 is 13.6. The number of benzene rings is 2. The molecular weight excluding hydrogens is 482 g/mol. The SMILES string of the molecule is O=C(Nc1ccc2nc(Nc3c(Cl)cc(F)cc3Cl)c3cc[nH]c(=O)c3c2c1)c1cnccn1. The van der Waals surface area contributed by atoms with Crippen LogP contribution in [0.15, 0.2) is 66.0 Å². The van der Waals surface area contributed by atoms with Crippen LogP contribution in [-0.2, 0) is 0 Å². The second kappa shape index (κ2) is 8.69. The molecule has 0 saturated heterocycles. The van der Waals surface area contributed by atoms with E-state index in [1.165, 1.54) is 24.8 Å². The first-order valence-electron chi connectivity index (χ1n) is 9.85. The van der Waals surface area contributed by atoms with Crippen molar-refractivity contribution in [2.75, 3.05) is 10.6 Å². The molecule has 11 heteroatoms. The predicted molar refractivity (Wildman–Crippen MR) is 130 cm³/mol. The quantitative estimate of drug-likeness (QED) is 0.292. The average molecular weight is 495 g/mol. The number of carbonyl (C=O) groups is 1. The third kappa shape index (κ3) is 4.02. The fraction of sp³-hybridized carbons (Fsp3) is 0. The Morgan fingerprint density at radius 2 is 1.82 bits per heavy atom. The summed E-state index contributed by atoms with van der Waals surface area (Å²) in [6.45, 7) is 0. The topological polar surface area (TPSA) is 113 Å². The van der Waals surface area contributed by atoms with Gasteiger partial charge in [-0.1, -0.05) is 23.2 Å². The second-order valence-electron chi connectivity index (χ2n) is 7.20. The van der Waals surface area contributed by atoms with E-state index in [1.54, 1.807) is 24.3 Å². The van der Waals surface area contributed by atoms with E-state index in [0.717, 1.165) is 12.1 Å². The lowest BCUT2D eigenvalue weighted by Gasteiger charge is -2.14. The first kappa shape index (κ1) is 21.7. The Hall–Kier alpha value is -4.08. The molecule has 34 heavy (non-hydrogen) atoms. The Morgan fingerprint density at radius 1 is 1.03 bits per heavy atom. The van der Waals surface area contributed by atoms with E-state index in [1.807, 2.05) is 0 Å². The first-order chi connectivity index (χ1) is 16.4. The number of aromatic amines is 1. The third-order valence-electron chi connectivity index (χ3n) is 5.02. The molecule has 2 aromatic carbocycles. The van der Waals surface area contributed by atoms with Gasteiger partial charge in [-0.25, -0.2) is 14.4 Å². The smallest absolute Gasteiger partial charge is 0.275 e. The maximum atomic E-state index is 13.6. The number of aromatic nitrogens is 4. The van der Waals surface area contributed by atoms with Crippen LogP contribution in [0.4, 0.5) is 21.6 Å². The molecule has 0 aliphatic rings. The van der Waals surface area contributed by atoms with Gasteiger partial charge in [-0.15, -0.1) is 0 Å². The Kier molecular flexibility index (Phi) is 5.56. The van der Waals surface area contributed by atoms with Crippen LogP contribution in [0.25, 0.3) is 21.7 Å². The van der Waals surface area contributed by atoms with Crippen molar-refractivity contribution in [3.8, 4) is 0 Å². The van der Waals surface area contributed by atoms with Gasteiger partial charge in [0.25, 0.3) is 11.5 Å². The molecule has 5 aromatic rings. The zero-order valence-corrected chi connectivity index (χ0v) is 18.6. The van der Waals surface area contributed by atoms with Crippen LogP contribution < -0.4 is 16.2 Å². The summed E-state index contributed by atoms with van der Waals surface area (Å²) in [6, 6.07) is 8.87. The molecule has 3 aromatic heterocycles. The van der Waals surface area contributed by atoms with Crippen LogP contribution in [0.5, 0.6) is 0 Å². The van der Waals surface area contributed by atoms with E-state index in [0.29, 0.717) is 33.2 Å². The number of hydrogen-bond acceptors (Lipinski definition) is 6. The van der Waals surface area contributed by atoms with Gasteiger partial charge in [-0.3, -0.25) is 14.6 Å². The predicted octanol–water partition coefficient (Wildman–Crippen LogP) is 5.31. The number of pyridine rings is 2. The molecule has 0 bridgehead atoms. The van der Waals surface area contributed by atoms with Gasteiger partial charge in [0.05, 0.1) is 32.8 Å². The van der Waals surface area contributed by atoms with Crippen LogP contribution in [0.3, 0.4) is 0 Å². The molecule has 0 fully saturated rings. The van der Waals surface area contributed by atoms with Crippen molar-refractivity contribution in [2.24, 2.45) is 0 Å². The van der Waals surface area contributed by atoms with Crippen LogP contribution in [0, 0.1) is 5.82 Å². The molecule has 3 heterocycles. The van der Waals surface area contributed by atoms with Crippen molar-refractivity contribution in [3.63, 3.8) is 0 Å². The summed E-state index contributed by atoms with van der Waals surface area (Å²) >= 11 is 12.3. The highest BCUT2D eigenvalue weighted by atomic mass is 35.5. The Labute approximate surface area is 200 Å². The van der Waals surface area contributed by atoms with Crippen molar-refractivity contribution >= 4 is 68.0 Å². The number of carbonyl (C=O) groups excluding carboxylic acids is 1. The highest BCUT2D eigenvalue weighted by molar-refractivity contribution is 6.39. The van der Waals surface area contributed by atoms with E-state index in [-0.39, 0.29) is 27.0 Å². The van der Waals surface area contributed by atoms with Crippen LogP contribution in [-0.4, -0.2) is 25.8 Å². The monoisotopic (exact) mass is 494 g/mol. The number of nitrogens with one attached hydrogen (secondary N) is 3. The van der Waals surface area contributed by atoms with Crippen molar-refractivity contribution in [1.29, 1.82) is 0 Å². The Morgan fingerprint density at radius 3 is 2.56 bits per heavy atom. The van der Waals surface area contributed by atoms with Crippen molar-refractivity contribution in [1.82, 2.24) is 19.9 Å². The van der Waals surface area contributed by atoms with Gasteiger partial charge in [0.2, 0.25) is 0 Å². The highest BCUT2D eigenvalue weighted by Crippen LogP contribution is 2.36. The molecule has 0 aliphatic carbocycles. The molecule has 168 valence electrons. The fourth-order valence-electron chi connectivity index (χ4n) is 3.52. The van der Waals surface area contributed by atoms with Crippen LogP contribution in [0.2, 0.25) is 10.0 Å². The molecule has 1 amide bonds. The second-order valence-corrected chi connectivity index (χ2v) is 8.02. The summed E-state index contributed by atoms with van der Waals surface area (Å²) in [7, 11) is 0. The molecule has 0 aliphatic heterocycles. The minimum absolute atomic E-state index is 0.0620. The molecule has 0 spiro atoms. The summed E-state index contributed by atoms with van der Waals surface area (Å²) in [6.07, 6.45) is 5.72. The lowest BCUT2D eigenvalue weighted by atomic mass is 10.1. The maximum Gasteiger partial charge on any atom is 0.275 e. The molecule has 8 nitrogen and oxygen atoms in total. The lowest BCUT2D eigenvalue weighted by Crippen LogP contribution is -2.14. The van der Waals surface area contributed by atoms with Crippen molar-refractivity contribution < 1.29 is 9.18 Å². The van der Waals surface area contributed by atoms with Crippen LogP contribution >= 0.6 is 23.2 Å². The van der Waals surface area contributed by atoms with Gasteiger partial charge in [-0.05, 0) is 36.4 Å². The van der Waals surface area contributed by atoms with Crippen molar-refractivity contribution in [3.05, 3.63) is 93.1 Å². The molecule has 0 saturated carbocycles. The molecule has 0 radical (unpaired) electrons. The zero-order valence-electron chi connectivity index (χ0n) is 17.1. The van der Waals surface area contributed by atoms with Crippen molar-refractivity contribution in [2.45, 2.75) is 0 Å². The molecular formula is C23H13Cl2FN6O2. The number of nitrogens with zero attached hydrogens (tertiary/aromatic N) is 3. The number of H-pyrrole nitrogens is 1. The molecule has 3 N–H and O–H groups in total. The zero-order chi connectivity index (χ0) is 23.8. The minimum Gasteiger partial charge on any atom is -0.337 e. The minimum atomic E-state index is -0.579. The van der Waals surface area contributed by atoms with E-state index >= 15 is 0 Å². The van der Waals surface area contributed by atoms with Gasteiger partial charge in [-0.2, -0.15) is 0 Å². The molecule has 0 unspecified atom stereocenters. The molecule has 5 rings (SSSR count). The normalized spacial score (nSPS) is 11.0. The Bertz CT molecular complexity index is 1620. The fourth-order valence-corrected chi connectivity index (χ4v) is 4.08. The number of anilines is 3. The lowest BCUT2D eigenvalue weighted by molar-refractivity contribution is 0.102. The first-order valence-corrected chi connectivity index (χ1v) is 10.6. The summed E-state index contributed by atoms with van der Waals surface area (Å²) in [5.74, 6) is -0.720. The maximum absolute atomic E-state index is 13.6. The van der Waals surface area contributed by atoms with Gasteiger partial charge in [0, 0.05) is 35.1 Å². The van der Waals surface area contributed by atoms with Gasteiger partial charge < -0.3 is 15.6 Å². The third-order valence-corrected chi connectivity index (χ3v) is 5.61. The van der Waals surface area contributed by atoms with E-state index in [2.05, 4.69) is 30.6 Å². The standard InChI is InChI=1S/C23H13Cl2FN6O2/c24-15-7-11(26)8-16(25)20(15)32-21-13-3-4-29-23(34)19(13)14-9-12(1-2-17(14)31-21)30-22(33)18-10-27-5-6-28-18/h1-10H,(H,29,34)(H,30,33)(H,31,32). The molecule has 0 atom stereocenters. The number of halogens is 3. The highest BCUT2D eigenvalue weighted by Gasteiger charge is 2.16. The van der Waals surface area contributed by atoms with Gasteiger partial charge in [0.1, 0.15) is 17.3 Å². The number of amides is 1. The van der Waals surface area contributed by atoms with E-state index in [4.69, 9.17) is 23.2 Å². The number of rotatable bonds is 4. The average Bonchev–Trinajstić information content (AvgIpc) is 2.82. The number of fused-ring (bicyclic) bond motifs is 3. The van der Waals surface area contributed by atoms with E-state index < -0.39 is 11.7 Å². The summed E-state index contributed by atoms with van der Waals surface area (Å²) in [4.78, 5) is 40.4. The largest absolute Gasteiger partial charge is 0.337 e. The Balaban J connectivity index is 1.63. The summed E-state index contributed by atoms with van der Waals surface area (Å²) in [5, 5.41) is 7.20.